The Balaban J connectivity index is 1.80. The standard InChI is InChI=1S/C23H35N5O2/c1-4-24-23(26-13-11-21-9-5-6-12-25-21)27-19-20-8-7-10-22(18-20)30-17-15-28(2)14-16-29-3/h5-10,12,18H,4,11,13-17,19H2,1-3H3,(H2,24,26,27). The maximum atomic E-state index is 5.90. The minimum atomic E-state index is 0.587. The summed E-state index contributed by atoms with van der Waals surface area (Å²) in [5.41, 5.74) is 2.18. The fourth-order valence-corrected chi connectivity index (χ4v) is 2.78. The molecule has 164 valence electrons. The Morgan fingerprint density at radius 2 is 1.97 bits per heavy atom. The molecule has 0 saturated carbocycles. The molecule has 7 heteroatoms. The van der Waals surface area contributed by atoms with Gasteiger partial charge in [0.2, 0.25) is 0 Å². The van der Waals surface area contributed by atoms with Gasteiger partial charge in [0.25, 0.3) is 0 Å². The van der Waals surface area contributed by atoms with Gasteiger partial charge < -0.3 is 25.0 Å². The van der Waals surface area contributed by atoms with E-state index in [1.807, 2.05) is 36.5 Å². The van der Waals surface area contributed by atoms with Gasteiger partial charge in [0.15, 0.2) is 5.96 Å². The lowest BCUT2D eigenvalue weighted by Gasteiger charge is -2.16. The van der Waals surface area contributed by atoms with Gasteiger partial charge in [-0.1, -0.05) is 18.2 Å². The molecule has 30 heavy (non-hydrogen) atoms. The van der Waals surface area contributed by atoms with E-state index in [1.54, 1.807) is 7.11 Å². The minimum Gasteiger partial charge on any atom is -0.492 e. The Morgan fingerprint density at radius 1 is 1.10 bits per heavy atom. The number of pyridine rings is 1. The molecule has 2 rings (SSSR count). The number of hydrogen-bond donors (Lipinski definition) is 2. The van der Waals surface area contributed by atoms with Crippen molar-refractivity contribution in [3.05, 3.63) is 59.9 Å². The van der Waals surface area contributed by atoms with Crippen LogP contribution in [-0.4, -0.2) is 69.4 Å². The van der Waals surface area contributed by atoms with Gasteiger partial charge in [-0.05, 0) is 43.8 Å². The number of hydrogen-bond acceptors (Lipinski definition) is 5. The molecule has 0 aliphatic carbocycles. The zero-order valence-electron chi connectivity index (χ0n) is 18.4. The Kier molecular flexibility index (Phi) is 11.3. The Hall–Kier alpha value is -2.64. The number of nitrogens with one attached hydrogen (secondary N) is 2. The van der Waals surface area contributed by atoms with E-state index in [4.69, 9.17) is 14.5 Å². The van der Waals surface area contributed by atoms with E-state index in [-0.39, 0.29) is 0 Å². The fraction of sp³-hybridized carbons (Fsp3) is 0.478. The quantitative estimate of drug-likeness (QED) is 0.388. The lowest BCUT2D eigenvalue weighted by Crippen LogP contribution is -2.38. The SMILES string of the molecule is CCNC(=NCc1cccc(OCCN(C)CCOC)c1)NCCc1ccccn1. The van der Waals surface area contributed by atoms with Crippen LogP contribution in [0.3, 0.4) is 0 Å². The Labute approximate surface area is 180 Å². The maximum absolute atomic E-state index is 5.90. The second-order valence-corrected chi connectivity index (χ2v) is 6.98. The molecular weight excluding hydrogens is 378 g/mol. The van der Waals surface area contributed by atoms with Crippen molar-refractivity contribution >= 4 is 5.96 Å². The van der Waals surface area contributed by atoms with Crippen molar-refractivity contribution in [1.82, 2.24) is 20.5 Å². The highest BCUT2D eigenvalue weighted by atomic mass is 16.5. The summed E-state index contributed by atoms with van der Waals surface area (Å²) >= 11 is 0. The van der Waals surface area contributed by atoms with E-state index >= 15 is 0 Å². The van der Waals surface area contributed by atoms with Gasteiger partial charge >= 0.3 is 0 Å². The molecule has 0 saturated heterocycles. The van der Waals surface area contributed by atoms with Crippen LogP contribution in [0.5, 0.6) is 5.75 Å². The molecular formula is C23H35N5O2. The summed E-state index contributed by atoms with van der Waals surface area (Å²) in [6, 6.07) is 14.1. The predicted octanol–water partition coefficient (Wildman–Crippen LogP) is 2.34. The summed E-state index contributed by atoms with van der Waals surface area (Å²) in [7, 11) is 3.78. The summed E-state index contributed by atoms with van der Waals surface area (Å²) in [6.07, 6.45) is 2.68. The first-order valence-electron chi connectivity index (χ1n) is 10.5. The van der Waals surface area contributed by atoms with Crippen molar-refractivity contribution in [3.8, 4) is 5.75 Å². The third-order valence-electron chi connectivity index (χ3n) is 4.48. The van der Waals surface area contributed by atoms with Crippen LogP contribution in [0.15, 0.2) is 53.7 Å². The van der Waals surface area contributed by atoms with Gasteiger partial charge in [0.1, 0.15) is 12.4 Å². The number of guanidine groups is 1. The van der Waals surface area contributed by atoms with Crippen molar-refractivity contribution in [1.29, 1.82) is 0 Å². The second kappa shape index (κ2) is 14.4. The minimum absolute atomic E-state index is 0.587. The number of nitrogens with zero attached hydrogens (tertiary/aromatic N) is 3. The van der Waals surface area contributed by atoms with E-state index in [9.17, 15) is 0 Å². The van der Waals surface area contributed by atoms with Crippen LogP contribution in [-0.2, 0) is 17.7 Å². The zero-order valence-corrected chi connectivity index (χ0v) is 18.4. The average molecular weight is 414 g/mol. The molecule has 0 unspecified atom stereocenters. The van der Waals surface area contributed by atoms with Gasteiger partial charge in [-0.3, -0.25) is 4.98 Å². The van der Waals surface area contributed by atoms with Crippen LogP contribution in [0.4, 0.5) is 0 Å². The van der Waals surface area contributed by atoms with Crippen LogP contribution >= 0.6 is 0 Å². The lowest BCUT2D eigenvalue weighted by molar-refractivity contribution is 0.150. The molecule has 2 aromatic rings. The number of likely N-dealkylation sites (N-methyl/N-ethyl adjacent to an activating group) is 1. The first-order valence-corrected chi connectivity index (χ1v) is 10.5. The summed E-state index contributed by atoms with van der Waals surface area (Å²) in [5, 5.41) is 6.66. The number of aliphatic imine (C=N–C) groups is 1. The van der Waals surface area contributed by atoms with Gasteiger partial charge in [0.05, 0.1) is 13.2 Å². The zero-order chi connectivity index (χ0) is 21.4. The molecule has 0 aliphatic heterocycles. The number of rotatable bonds is 13. The van der Waals surface area contributed by atoms with Crippen molar-refractivity contribution in [2.75, 3.05) is 53.6 Å². The molecule has 0 fully saturated rings. The number of aromatic nitrogens is 1. The molecule has 0 aliphatic rings. The van der Waals surface area contributed by atoms with Crippen molar-refractivity contribution < 1.29 is 9.47 Å². The fourth-order valence-electron chi connectivity index (χ4n) is 2.78. The van der Waals surface area contributed by atoms with Crippen LogP contribution < -0.4 is 15.4 Å². The van der Waals surface area contributed by atoms with E-state index in [1.165, 1.54) is 0 Å². The molecule has 1 heterocycles. The largest absolute Gasteiger partial charge is 0.492 e. The van der Waals surface area contributed by atoms with E-state index < -0.39 is 0 Å². The van der Waals surface area contributed by atoms with E-state index in [0.29, 0.717) is 13.2 Å². The maximum Gasteiger partial charge on any atom is 0.191 e. The van der Waals surface area contributed by atoms with Crippen molar-refractivity contribution in [2.24, 2.45) is 4.99 Å². The highest BCUT2D eigenvalue weighted by Gasteiger charge is 2.02. The number of methoxy groups -OCH3 is 1. The Morgan fingerprint density at radius 3 is 2.73 bits per heavy atom. The van der Waals surface area contributed by atoms with Crippen LogP contribution in [0, 0.1) is 0 Å². The van der Waals surface area contributed by atoms with Gasteiger partial charge in [-0.25, -0.2) is 4.99 Å². The van der Waals surface area contributed by atoms with Crippen LogP contribution in [0.1, 0.15) is 18.2 Å². The molecule has 7 nitrogen and oxygen atoms in total. The highest BCUT2D eigenvalue weighted by Crippen LogP contribution is 2.14. The topological polar surface area (TPSA) is 71.0 Å². The third kappa shape index (κ3) is 9.71. The Bertz CT molecular complexity index is 739. The third-order valence-corrected chi connectivity index (χ3v) is 4.48. The molecule has 0 radical (unpaired) electrons. The average Bonchev–Trinajstić information content (AvgIpc) is 2.77. The van der Waals surface area contributed by atoms with Crippen molar-refractivity contribution in [2.45, 2.75) is 19.9 Å². The number of ether oxygens (including phenoxy) is 2. The summed E-state index contributed by atoms with van der Waals surface area (Å²) in [6.45, 7) is 7.37. The predicted molar refractivity (Wildman–Crippen MR) is 122 cm³/mol. The number of benzene rings is 1. The first kappa shape index (κ1) is 23.6. The highest BCUT2D eigenvalue weighted by molar-refractivity contribution is 5.79. The van der Waals surface area contributed by atoms with E-state index in [0.717, 1.165) is 62.2 Å². The molecule has 2 N–H and O–H groups in total. The van der Waals surface area contributed by atoms with Crippen LogP contribution in [0.25, 0.3) is 0 Å². The summed E-state index contributed by atoms with van der Waals surface area (Å²) < 4.78 is 11.0. The van der Waals surface area contributed by atoms with Gasteiger partial charge in [0, 0.05) is 51.6 Å². The van der Waals surface area contributed by atoms with Gasteiger partial charge in [-0.2, -0.15) is 0 Å². The summed E-state index contributed by atoms with van der Waals surface area (Å²) in [4.78, 5) is 11.2. The second-order valence-electron chi connectivity index (χ2n) is 6.98. The molecule has 0 atom stereocenters. The van der Waals surface area contributed by atoms with Crippen molar-refractivity contribution in [3.63, 3.8) is 0 Å². The van der Waals surface area contributed by atoms with Gasteiger partial charge in [-0.15, -0.1) is 0 Å². The smallest absolute Gasteiger partial charge is 0.191 e. The normalized spacial score (nSPS) is 11.5. The molecule has 0 amide bonds. The first-order chi connectivity index (χ1) is 14.7. The molecule has 1 aromatic heterocycles. The lowest BCUT2D eigenvalue weighted by atomic mass is 10.2. The molecule has 1 aromatic carbocycles. The van der Waals surface area contributed by atoms with Crippen LogP contribution in [0.2, 0.25) is 0 Å². The molecule has 0 bridgehead atoms. The monoisotopic (exact) mass is 413 g/mol. The van der Waals surface area contributed by atoms with E-state index in [2.05, 4.69) is 46.6 Å². The summed E-state index contributed by atoms with van der Waals surface area (Å²) in [5.74, 6) is 1.68. The molecule has 0 spiro atoms.